The van der Waals surface area contributed by atoms with Gasteiger partial charge in [-0.2, -0.15) is 4.99 Å². The van der Waals surface area contributed by atoms with E-state index in [0.29, 0.717) is 6.61 Å². The highest BCUT2D eigenvalue weighted by Gasteiger charge is 2.11. The van der Waals surface area contributed by atoms with Crippen molar-refractivity contribution in [3.05, 3.63) is 23.0 Å². The number of benzene rings is 1. The third-order valence-electron chi connectivity index (χ3n) is 2.27. The monoisotopic (exact) mass is 317 g/mol. The molecule has 0 N–H and O–H groups in total. The second-order valence-corrected chi connectivity index (χ2v) is 4.39. The number of esters is 1. The molecule has 1 aromatic rings. The van der Waals surface area contributed by atoms with Gasteiger partial charge >= 0.3 is 5.97 Å². The number of thiocarbonyl (C=S) groups is 1. The molecule has 0 bridgehead atoms. The van der Waals surface area contributed by atoms with Crippen LogP contribution in [0.5, 0.6) is 5.75 Å². The summed E-state index contributed by atoms with van der Waals surface area (Å²) in [6, 6.07) is 2.28. The average Bonchev–Trinajstić information content (AvgIpc) is 2.41. The fourth-order valence-corrected chi connectivity index (χ4v) is 1.58. The number of halogens is 2. The van der Waals surface area contributed by atoms with E-state index >= 15 is 0 Å². The second kappa shape index (κ2) is 8.64. The number of unbranched alkanes of at least 4 members (excludes halogenated alkanes) is 1. The molecule has 0 amide bonds. The predicted molar refractivity (Wildman–Crippen MR) is 77.5 cm³/mol. The number of rotatable bonds is 7. The minimum Gasteiger partial charge on any atom is -0.480 e. The van der Waals surface area contributed by atoms with E-state index in [1.165, 1.54) is 6.07 Å². The van der Waals surface area contributed by atoms with E-state index in [2.05, 4.69) is 17.2 Å². The Morgan fingerprint density at radius 2 is 2.30 bits per heavy atom. The van der Waals surface area contributed by atoms with Crippen molar-refractivity contribution in [3.63, 3.8) is 0 Å². The Hall–Kier alpha value is -1.49. The molecule has 0 aromatic heterocycles. The van der Waals surface area contributed by atoms with Gasteiger partial charge in [-0.1, -0.05) is 24.9 Å². The van der Waals surface area contributed by atoms with Crippen LogP contribution in [0, 0.1) is 5.82 Å². The van der Waals surface area contributed by atoms with Gasteiger partial charge in [-0.15, -0.1) is 0 Å². The van der Waals surface area contributed by atoms with Crippen LogP contribution >= 0.6 is 23.8 Å². The fraction of sp³-hybridized carbons (Fsp3) is 0.385. The highest BCUT2D eigenvalue weighted by atomic mass is 35.5. The summed E-state index contributed by atoms with van der Waals surface area (Å²) in [7, 11) is 0. The summed E-state index contributed by atoms with van der Waals surface area (Å²) < 4.78 is 23.5. The maximum absolute atomic E-state index is 13.4. The van der Waals surface area contributed by atoms with Crippen LogP contribution in [-0.2, 0) is 9.53 Å². The summed E-state index contributed by atoms with van der Waals surface area (Å²) in [5.41, 5.74) is -0.0567. The summed E-state index contributed by atoms with van der Waals surface area (Å²) in [5.74, 6) is -1.03. The quantitative estimate of drug-likeness (QED) is 0.331. The standard InChI is InChI=1S/C13H13ClFNO3S/c1-2-3-4-18-13(17)7-19-12-6-11(16-8-20)10(15)5-9(12)14/h5-6H,2-4,7H2,1H3. The maximum Gasteiger partial charge on any atom is 0.344 e. The maximum atomic E-state index is 13.4. The van der Waals surface area contributed by atoms with Gasteiger partial charge in [0.25, 0.3) is 0 Å². The van der Waals surface area contributed by atoms with Crippen LogP contribution in [0.1, 0.15) is 19.8 Å². The lowest BCUT2D eigenvalue weighted by molar-refractivity contribution is -0.146. The lowest BCUT2D eigenvalue weighted by Gasteiger charge is -2.09. The SMILES string of the molecule is CCCCOC(=O)COc1cc(N=C=S)c(F)cc1Cl. The largest absolute Gasteiger partial charge is 0.480 e. The summed E-state index contributed by atoms with van der Waals surface area (Å²) in [4.78, 5) is 14.9. The molecule has 108 valence electrons. The van der Waals surface area contributed by atoms with Crippen molar-refractivity contribution in [2.45, 2.75) is 19.8 Å². The molecule has 0 unspecified atom stereocenters. The molecular formula is C13H13ClFNO3S. The molecule has 0 atom stereocenters. The Kier molecular flexibility index (Phi) is 7.15. The van der Waals surface area contributed by atoms with E-state index in [1.54, 1.807) is 0 Å². The number of hydrogen-bond acceptors (Lipinski definition) is 5. The topological polar surface area (TPSA) is 47.9 Å². The van der Waals surface area contributed by atoms with E-state index in [0.717, 1.165) is 18.9 Å². The zero-order chi connectivity index (χ0) is 15.0. The Labute approximate surface area is 126 Å². The molecule has 0 heterocycles. The van der Waals surface area contributed by atoms with Crippen LogP contribution in [0.4, 0.5) is 10.1 Å². The number of hydrogen-bond donors (Lipinski definition) is 0. The summed E-state index contributed by atoms with van der Waals surface area (Å²) >= 11 is 10.2. The van der Waals surface area contributed by atoms with Crippen LogP contribution in [0.25, 0.3) is 0 Å². The van der Waals surface area contributed by atoms with Gasteiger partial charge in [0, 0.05) is 6.07 Å². The minimum atomic E-state index is -0.648. The molecule has 1 aromatic carbocycles. The third kappa shape index (κ3) is 5.25. The van der Waals surface area contributed by atoms with Gasteiger partial charge < -0.3 is 9.47 Å². The Morgan fingerprint density at radius 3 is 2.95 bits per heavy atom. The average molecular weight is 318 g/mol. The molecule has 7 heteroatoms. The second-order valence-electron chi connectivity index (χ2n) is 3.80. The number of nitrogens with zero attached hydrogens (tertiary/aromatic N) is 1. The van der Waals surface area contributed by atoms with Crippen molar-refractivity contribution in [2.75, 3.05) is 13.2 Å². The number of isothiocyanates is 1. The van der Waals surface area contributed by atoms with Crippen LogP contribution in [0.3, 0.4) is 0 Å². The molecule has 0 saturated carbocycles. The number of carbonyl (C=O) groups excluding carboxylic acids is 1. The van der Waals surface area contributed by atoms with Gasteiger partial charge in [0.15, 0.2) is 12.4 Å². The molecule has 0 aliphatic heterocycles. The van der Waals surface area contributed by atoms with E-state index in [9.17, 15) is 9.18 Å². The van der Waals surface area contributed by atoms with Crippen molar-refractivity contribution in [3.8, 4) is 5.75 Å². The predicted octanol–water partition coefficient (Wildman–Crippen LogP) is 3.94. The molecule has 20 heavy (non-hydrogen) atoms. The lowest BCUT2D eigenvalue weighted by Crippen LogP contribution is -2.15. The highest BCUT2D eigenvalue weighted by Crippen LogP contribution is 2.31. The minimum absolute atomic E-state index is 0.0344. The van der Waals surface area contributed by atoms with Gasteiger partial charge in [-0.25, -0.2) is 9.18 Å². The molecule has 0 saturated heterocycles. The van der Waals surface area contributed by atoms with E-state index < -0.39 is 11.8 Å². The lowest BCUT2D eigenvalue weighted by atomic mass is 10.3. The summed E-state index contributed by atoms with van der Waals surface area (Å²) in [6.07, 6.45) is 1.72. The first-order valence-corrected chi connectivity index (χ1v) is 6.72. The molecule has 0 aliphatic carbocycles. The van der Waals surface area contributed by atoms with Crippen LogP contribution in [0.2, 0.25) is 5.02 Å². The number of ether oxygens (including phenoxy) is 2. The van der Waals surface area contributed by atoms with E-state index in [1.807, 2.05) is 12.1 Å². The summed E-state index contributed by atoms with van der Waals surface area (Å²) in [5, 5.41) is 2.08. The summed E-state index contributed by atoms with van der Waals surface area (Å²) in [6.45, 7) is 2.02. The van der Waals surface area contributed by atoms with Crippen LogP contribution in [0.15, 0.2) is 17.1 Å². The van der Waals surface area contributed by atoms with Gasteiger partial charge in [0.2, 0.25) is 0 Å². The molecule has 0 spiro atoms. The van der Waals surface area contributed by atoms with Crippen molar-refractivity contribution < 1.29 is 18.7 Å². The Balaban J connectivity index is 2.65. The molecule has 0 fully saturated rings. The van der Waals surface area contributed by atoms with Crippen molar-refractivity contribution in [1.82, 2.24) is 0 Å². The number of aliphatic imine (C=N–C) groups is 1. The first-order valence-electron chi connectivity index (χ1n) is 5.93. The van der Waals surface area contributed by atoms with Gasteiger partial charge in [0.1, 0.15) is 11.4 Å². The number of carbonyl (C=O) groups is 1. The van der Waals surface area contributed by atoms with Crippen molar-refractivity contribution in [1.29, 1.82) is 0 Å². The van der Waals surface area contributed by atoms with E-state index in [-0.39, 0.29) is 23.1 Å². The first kappa shape index (κ1) is 16.6. The zero-order valence-electron chi connectivity index (χ0n) is 10.8. The molecule has 0 aliphatic rings. The first-order chi connectivity index (χ1) is 9.58. The molecular weight excluding hydrogens is 305 g/mol. The fourth-order valence-electron chi connectivity index (χ4n) is 1.27. The van der Waals surface area contributed by atoms with Crippen molar-refractivity contribution >= 4 is 40.6 Å². The zero-order valence-corrected chi connectivity index (χ0v) is 12.4. The molecule has 0 radical (unpaired) electrons. The third-order valence-corrected chi connectivity index (χ3v) is 2.66. The van der Waals surface area contributed by atoms with Gasteiger partial charge in [0.05, 0.1) is 16.8 Å². The molecule has 4 nitrogen and oxygen atoms in total. The Morgan fingerprint density at radius 1 is 1.55 bits per heavy atom. The molecule has 1 rings (SSSR count). The highest BCUT2D eigenvalue weighted by molar-refractivity contribution is 7.78. The van der Waals surface area contributed by atoms with Crippen LogP contribution in [-0.4, -0.2) is 24.3 Å². The van der Waals surface area contributed by atoms with Gasteiger partial charge in [-0.3, -0.25) is 0 Å². The van der Waals surface area contributed by atoms with Crippen molar-refractivity contribution in [2.24, 2.45) is 4.99 Å². The Bertz CT molecular complexity index is 533. The van der Waals surface area contributed by atoms with Crippen LogP contribution < -0.4 is 4.74 Å². The normalized spacial score (nSPS) is 9.75. The van der Waals surface area contributed by atoms with E-state index in [4.69, 9.17) is 21.1 Å². The van der Waals surface area contributed by atoms with Gasteiger partial charge in [-0.05, 0) is 24.7 Å². The smallest absolute Gasteiger partial charge is 0.344 e.